The Morgan fingerprint density at radius 3 is 2.86 bits per heavy atom. The summed E-state index contributed by atoms with van der Waals surface area (Å²) in [6.07, 6.45) is 0. The van der Waals surface area contributed by atoms with Crippen molar-refractivity contribution in [3.05, 3.63) is 17.3 Å². The van der Waals surface area contributed by atoms with E-state index in [2.05, 4.69) is 4.98 Å². The van der Waals surface area contributed by atoms with Gasteiger partial charge >= 0.3 is 0 Å². The van der Waals surface area contributed by atoms with Crippen LogP contribution in [0.1, 0.15) is 6.92 Å². The average Bonchev–Trinajstić information content (AvgIpc) is 2.19. The molecule has 78 valence electrons. The van der Waals surface area contributed by atoms with E-state index in [0.29, 0.717) is 16.7 Å². The predicted octanol–water partition coefficient (Wildman–Crippen LogP) is 1.13. The summed E-state index contributed by atoms with van der Waals surface area (Å²) in [4.78, 5) is 5.89. The number of aliphatic hydroxyl groups is 1. The number of likely N-dealkylation sites (N-methyl/N-ethyl adjacent to an activating group) is 1. The van der Waals surface area contributed by atoms with Crippen molar-refractivity contribution in [3.8, 4) is 0 Å². The predicted molar refractivity (Wildman–Crippen MR) is 58.6 cm³/mol. The molecule has 0 spiro atoms. The molecular weight excluding hydrogens is 202 g/mol. The van der Waals surface area contributed by atoms with Crippen molar-refractivity contribution < 1.29 is 5.11 Å². The molecule has 0 aromatic carbocycles. The largest absolute Gasteiger partial charge is 0.396 e. The summed E-state index contributed by atoms with van der Waals surface area (Å²) in [5.74, 6) is 0.596. The molecule has 0 saturated carbocycles. The van der Waals surface area contributed by atoms with Gasteiger partial charge in [-0.05, 0) is 19.1 Å². The van der Waals surface area contributed by atoms with Crippen LogP contribution in [0.15, 0.2) is 12.1 Å². The van der Waals surface area contributed by atoms with Crippen LogP contribution in [0.3, 0.4) is 0 Å². The number of hydrogen-bond donors (Lipinski definition) is 2. The molecule has 14 heavy (non-hydrogen) atoms. The Balaban J connectivity index is 2.99. The van der Waals surface area contributed by atoms with Crippen LogP contribution in [-0.4, -0.2) is 29.8 Å². The van der Waals surface area contributed by atoms with E-state index in [9.17, 15) is 0 Å². The first kappa shape index (κ1) is 11.1. The van der Waals surface area contributed by atoms with Crippen molar-refractivity contribution in [1.82, 2.24) is 4.98 Å². The highest BCUT2D eigenvalue weighted by molar-refractivity contribution is 6.29. The minimum Gasteiger partial charge on any atom is -0.396 e. The lowest BCUT2D eigenvalue weighted by atomic mass is 10.3. The van der Waals surface area contributed by atoms with Gasteiger partial charge in [0, 0.05) is 7.05 Å². The van der Waals surface area contributed by atoms with Crippen LogP contribution >= 0.6 is 11.6 Å². The van der Waals surface area contributed by atoms with Crippen LogP contribution in [0.5, 0.6) is 0 Å². The molecule has 0 fully saturated rings. The molecule has 1 unspecified atom stereocenters. The second-order valence-corrected chi connectivity index (χ2v) is 3.58. The Bertz CT molecular complexity index is 319. The van der Waals surface area contributed by atoms with Gasteiger partial charge in [-0.1, -0.05) is 11.6 Å². The molecule has 3 N–H and O–H groups in total. The summed E-state index contributed by atoms with van der Waals surface area (Å²) < 4.78 is 0. The number of nitrogens with zero attached hydrogens (tertiary/aromatic N) is 2. The molecule has 0 aliphatic carbocycles. The second kappa shape index (κ2) is 4.48. The SMILES string of the molecule is CC(CO)N(C)c1nc(Cl)ccc1N. The highest BCUT2D eigenvalue weighted by Gasteiger charge is 2.13. The summed E-state index contributed by atoms with van der Waals surface area (Å²) in [5.41, 5.74) is 6.29. The molecule has 0 aliphatic heterocycles. The van der Waals surface area contributed by atoms with E-state index in [0.717, 1.165) is 0 Å². The normalized spacial score (nSPS) is 12.6. The molecule has 0 radical (unpaired) electrons. The van der Waals surface area contributed by atoms with Crippen LogP contribution in [-0.2, 0) is 0 Å². The summed E-state index contributed by atoms with van der Waals surface area (Å²) in [6, 6.07) is 3.30. The summed E-state index contributed by atoms with van der Waals surface area (Å²) in [5, 5.41) is 9.38. The van der Waals surface area contributed by atoms with Crippen molar-refractivity contribution in [2.45, 2.75) is 13.0 Å². The van der Waals surface area contributed by atoms with Crippen LogP contribution in [0.2, 0.25) is 5.15 Å². The number of nitrogen functional groups attached to an aromatic ring is 1. The summed E-state index contributed by atoms with van der Waals surface area (Å²) in [7, 11) is 1.82. The first-order valence-electron chi connectivity index (χ1n) is 4.32. The van der Waals surface area contributed by atoms with E-state index >= 15 is 0 Å². The maximum Gasteiger partial charge on any atom is 0.153 e. The number of aliphatic hydroxyl groups excluding tert-OH is 1. The van der Waals surface area contributed by atoms with E-state index < -0.39 is 0 Å². The van der Waals surface area contributed by atoms with Crippen molar-refractivity contribution >= 4 is 23.1 Å². The zero-order valence-corrected chi connectivity index (χ0v) is 8.99. The van der Waals surface area contributed by atoms with Gasteiger partial charge in [0.25, 0.3) is 0 Å². The molecular formula is C9H14ClN3O. The number of halogens is 1. The molecule has 5 heteroatoms. The lowest BCUT2D eigenvalue weighted by Gasteiger charge is -2.25. The van der Waals surface area contributed by atoms with Gasteiger partial charge in [0.1, 0.15) is 5.15 Å². The molecule has 1 aromatic rings. The Morgan fingerprint density at radius 1 is 1.64 bits per heavy atom. The van der Waals surface area contributed by atoms with E-state index in [-0.39, 0.29) is 12.6 Å². The second-order valence-electron chi connectivity index (χ2n) is 3.19. The Hall–Kier alpha value is -1.00. The smallest absolute Gasteiger partial charge is 0.153 e. The van der Waals surface area contributed by atoms with Crippen molar-refractivity contribution in [1.29, 1.82) is 0 Å². The van der Waals surface area contributed by atoms with Gasteiger partial charge in [-0.3, -0.25) is 0 Å². The van der Waals surface area contributed by atoms with Gasteiger partial charge in [-0.2, -0.15) is 0 Å². The first-order valence-corrected chi connectivity index (χ1v) is 4.69. The maximum atomic E-state index is 8.98. The molecule has 1 heterocycles. The van der Waals surface area contributed by atoms with Gasteiger partial charge in [-0.15, -0.1) is 0 Å². The van der Waals surface area contributed by atoms with E-state index in [1.807, 2.05) is 14.0 Å². The molecule has 1 aromatic heterocycles. The quantitative estimate of drug-likeness (QED) is 0.743. The number of pyridine rings is 1. The number of anilines is 2. The van der Waals surface area contributed by atoms with Crippen LogP contribution < -0.4 is 10.6 Å². The van der Waals surface area contributed by atoms with Crippen molar-refractivity contribution in [2.24, 2.45) is 0 Å². The fourth-order valence-electron chi connectivity index (χ4n) is 1.05. The molecule has 0 amide bonds. The average molecular weight is 216 g/mol. The fraction of sp³-hybridized carbons (Fsp3) is 0.444. The van der Waals surface area contributed by atoms with Crippen LogP contribution in [0.4, 0.5) is 11.5 Å². The van der Waals surface area contributed by atoms with Gasteiger partial charge < -0.3 is 15.7 Å². The number of hydrogen-bond acceptors (Lipinski definition) is 4. The Labute approximate surface area is 88.3 Å². The molecule has 0 bridgehead atoms. The molecule has 4 nitrogen and oxygen atoms in total. The van der Waals surface area contributed by atoms with Gasteiger partial charge in [0.15, 0.2) is 5.82 Å². The topological polar surface area (TPSA) is 62.4 Å². The molecule has 1 atom stereocenters. The third-order valence-electron chi connectivity index (χ3n) is 2.13. The molecule has 0 saturated heterocycles. The highest BCUT2D eigenvalue weighted by atomic mass is 35.5. The minimum absolute atomic E-state index is 0.0386. The fourth-order valence-corrected chi connectivity index (χ4v) is 1.19. The van der Waals surface area contributed by atoms with E-state index in [1.54, 1.807) is 17.0 Å². The highest BCUT2D eigenvalue weighted by Crippen LogP contribution is 2.22. The van der Waals surface area contributed by atoms with E-state index in [4.69, 9.17) is 22.4 Å². The Kier molecular flexibility index (Phi) is 3.55. The molecule has 0 aliphatic rings. The zero-order chi connectivity index (χ0) is 10.7. The van der Waals surface area contributed by atoms with E-state index in [1.165, 1.54) is 0 Å². The summed E-state index contributed by atoms with van der Waals surface area (Å²) in [6.45, 7) is 1.92. The standard InChI is InChI=1S/C9H14ClN3O/c1-6(5-14)13(2)9-7(11)3-4-8(10)12-9/h3-4,6,14H,5,11H2,1-2H3. The number of rotatable bonds is 3. The maximum absolute atomic E-state index is 8.98. The Morgan fingerprint density at radius 2 is 2.29 bits per heavy atom. The van der Waals surface area contributed by atoms with Crippen molar-refractivity contribution in [3.63, 3.8) is 0 Å². The van der Waals surface area contributed by atoms with Gasteiger partial charge in [0.05, 0.1) is 18.3 Å². The third kappa shape index (κ3) is 2.27. The lowest BCUT2D eigenvalue weighted by Crippen LogP contribution is -2.33. The minimum atomic E-state index is -0.0386. The monoisotopic (exact) mass is 215 g/mol. The number of aromatic nitrogens is 1. The van der Waals surface area contributed by atoms with Crippen molar-refractivity contribution in [2.75, 3.05) is 24.3 Å². The first-order chi connectivity index (χ1) is 6.56. The van der Waals surface area contributed by atoms with Gasteiger partial charge in [-0.25, -0.2) is 4.98 Å². The van der Waals surface area contributed by atoms with Crippen LogP contribution in [0.25, 0.3) is 0 Å². The third-order valence-corrected chi connectivity index (χ3v) is 2.34. The lowest BCUT2D eigenvalue weighted by molar-refractivity contribution is 0.270. The van der Waals surface area contributed by atoms with Crippen LogP contribution in [0, 0.1) is 0 Å². The molecule has 1 rings (SSSR count). The zero-order valence-electron chi connectivity index (χ0n) is 8.24. The summed E-state index contributed by atoms with van der Waals surface area (Å²) >= 11 is 5.75. The number of nitrogens with two attached hydrogens (primary N) is 1. The van der Waals surface area contributed by atoms with Gasteiger partial charge in [0.2, 0.25) is 0 Å².